The smallest absolute Gasteiger partial charge is 0.251 e. The largest absolute Gasteiger partial charge is 0.383 e. The van der Waals surface area contributed by atoms with Gasteiger partial charge in [0.15, 0.2) is 0 Å². The minimum Gasteiger partial charge on any atom is -0.383 e. The summed E-state index contributed by atoms with van der Waals surface area (Å²) in [7, 11) is 1.84. The van der Waals surface area contributed by atoms with Crippen molar-refractivity contribution in [1.82, 2.24) is 14.9 Å². The van der Waals surface area contributed by atoms with E-state index >= 15 is 0 Å². The fraction of sp³-hybridized carbons (Fsp3) is 0.381. The van der Waals surface area contributed by atoms with Gasteiger partial charge in [-0.1, -0.05) is 24.3 Å². The standard InChI is InChI=1S/C21H29N3O4S/c1-16(15-28-4)23-29(26,27)20-11-9-17(10-12-20)21(25)22-13-18-7-5-6-8-19(18)14-24(2)3/h5-12,16,23H,13-15H2,1-4H3,(H,22,25)/t16-/m1/s1. The van der Waals surface area contributed by atoms with Crippen molar-refractivity contribution in [2.24, 2.45) is 0 Å². The number of ether oxygens (including phenoxy) is 1. The number of hydrogen-bond acceptors (Lipinski definition) is 5. The van der Waals surface area contributed by atoms with E-state index in [1.54, 1.807) is 6.92 Å². The van der Waals surface area contributed by atoms with E-state index in [0.717, 1.165) is 17.7 Å². The second-order valence-electron chi connectivity index (χ2n) is 7.19. The maximum atomic E-state index is 12.5. The number of methoxy groups -OCH3 is 1. The third-order valence-electron chi connectivity index (χ3n) is 4.24. The molecule has 158 valence electrons. The number of carbonyl (C=O) groups excluding carboxylic acids is 1. The summed E-state index contributed by atoms with van der Waals surface area (Å²) in [6.07, 6.45) is 0. The minimum absolute atomic E-state index is 0.105. The molecule has 0 aliphatic heterocycles. The lowest BCUT2D eigenvalue weighted by molar-refractivity contribution is 0.0950. The molecule has 0 unspecified atom stereocenters. The molecule has 7 nitrogen and oxygen atoms in total. The highest BCUT2D eigenvalue weighted by Crippen LogP contribution is 2.13. The van der Waals surface area contributed by atoms with Gasteiger partial charge >= 0.3 is 0 Å². The van der Waals surface area contributed by atoms with E-state index in [-0.39, 0.29) is 23.5 Å². The van der Waals surface area contributed by atoms with Crippen LogP contribution in [0.2, 0.25) is 0 Å². The first-order valence-electron chi connectivity index (χ1n) is 9.34. The topological polar surface area (TPSA) is 87.7 Å². The van der Waals surface area contributed by atoms with Gasteiger partial charge in [0, 0.05) is 31.8 Å². The van der Waals surface area contributed by atoms with Crippen molar-refractivity contribution < 1.29 is 17.9 Å². The Morgan fingerprint density at radius 1 is 1.07 bits per heavy atom. The fourth-order valence-corrected chi connectivity index (χ4v) is 4.13. The Labute approximate surface area is 173 Å². The maximum absolute atomic E-state index is 12.5. The molecule has 0 saturated carbocycles. The zero-order chi connectivity index (χ0) is 21.4. The Morgan fingerprint density at radius 2 is 1.69 bits per heavy atom. The third-order valence-corrected chi connectivity index (χ3v) is 5.85. The van der Waals surface area contributed by atoms with Gasteiger partial charge in [0.2, 0.25) is 10.0 Å². The molecule has 0 fully saturated rings. The molecule has 0 spiro atoms. The molecular formula is C21H29N3O4S. The number of benzene rings is 2. The first-order valence-corrected chi connectivity index (χ1v) is 10.8. The molecule has 0 aliphatic rings. The molecule has 8 heteroatoms. The van der Waals surface area contributed by atoms with Crippen molar-refractivity contribution in [3.8, 4) is 0 Å². The predicted molar refractivity (Wildman–Crippen MR) is 113 cm³/mol. The van der Waals surface area contributed by atoms with Crippen LogP contribution in [0.1, 0.15) is 28.4 Å². The van der Waals surface area contributed by atoms with Crippen molar-refractivity contribution in [1.29, 1.82) is 0 Å². The number of sulfonamides is 1. The summed E-state index contributed by atoms with van der Waals surface area (Å²) < 4.78 is 32.2. The van der Waals surface area contributed by atoms with Crippen molar-refractivity contribution in [3.63, 3.8) is 0 Å². The lowest BCUT2D eigenvalue weighted by Crippen LogP contribution is -2.35. The van der Waals surface area contributed by atoms with Crippen LogP contribution < -0.4 is 10.0 Å². The van der Waals surface area contributed by atoms with Gasteiger partial charge in [0.05, 0.1) is 11.5 Å². The number of rotatable bonds is 10. The number of amides is 1. The van der Waals surface area contributed by atoms with E-state index in [2.05, 4.69) is 14.9 Å². The maximum Gasteiger partial charge on any atom is 0.251 e. The molecular weight excluding hydrogens is 390 g/mol. The zero-order valence-corrected chi connectivity index (χ0v) is 18.1. The average Bonchev–Trinajstić information content (AvgIpc) is 2.66. The average molecular weight is 420 g/mol. The molecule has 1 atom stereocenters. The minimum atomic E-state index is -3.66. The Bertz CT molecular complexity index is 912. The van der Waals surface area contributed by atoms with Crippen LogP contribution in [0, 0.1) is 0 Å². The Morgan fingerprint density at radius 3 is 2.28 bits per heavy atom. The SMILES string of the molecule is COC[C@@H](C)NS(=O)(=O)c1ccc(C(=O)NCc2ccccc2CN(C)C)cc1. The summed E-state index contributed by atoms with van der Waals surface area (Å²) in [4.78, 5) is 14.6. The predicted octanol–water partition coefficient (Wildman–Crippen LogP) is 1.99. The summed E-state index contributed by atoms with van der Waals surface area (Å²) in [5, 5.41) is 2.90. The molecule has 0 heterocycles. The number of nitrogens with zero attached hydrogens (tertiary/aromatic N) is 1. The number of nitrogens with one attached hydrogen (secondary N) is 2. The third kappa shape index (κ3) is 6.93. The van der Waals surface area contributed by atoms with E-state index in [4.69, 9.17) is 4.74 Å². The molecule has 2 aromatic carbocycles. The molecule has 0 saturated heterocycles. The zero-order valence-electron chi connectivity index (χ0n) is 17.3. The van der Waals surface area contributed by atoms with Gasteiger partial charge in [-0.15, -0.1) is 0 Å². The molecule has 29 heavy (non-hydrogen) atoms. The van der Waals surface area contributed by atoms with Crippen LogP contribution in [-0.4, -0.2) is 53.1 Å². The van der Waals surface area contributed by atoms with Crippen LogP contribution in [0.3, 0.4) is 0 Å². The van der Waals surface area contributed by atoms with Crippen LogP contribution in [-0.2, 0) is 27.8 Å². The number of carbonyl (C=O) groups is 1. The van der Waals surface area contributed by atoms with Gasteiger partial charge in [0.25, 0.3) is 5.91 Å². The molecule has 0 bridgehead atoms. The van der Waals surface area contributed by atoms with E-state index < -0.39 is 10.0 Å². The molecule has 0 aliphatic carbocycles. The second-order valence-corrected chi connectivity index (χ2v) is 8.91. The Balaban J connectivity index is 2.03. The van der Waals surface area contributed by atoms with Crippen molar-refractivity contribution in [2.45, 2.75) is 31.0 Å². The van der Waals surface area contributed by atoms with Crippen molar-refractivity contribution >= 4 is 15.9 Å². The van der Waals surface area contributed by atoms with E-state index in [0.29, 0.717) is 12.1 Å². The van der Waals surface area contributed by atoms with Gasteiger partial charge in [0.1, 0.15) is 0 Å². The molecule has 2 N–H and O–H groups in total. The highest BCUT2D eigenvalue weighted by atomic mass is 32.2. The molecule has 0 radical (unpaired) electrons. The van der Waals surface area contributed by atoms with Gasteiger partial charge in [-0.2, -0.15) is 0 Å². The summed E-state index contributed by atoms with van der Waals surface area (Å²) in [5.74, 6) is -0.255. The van der Waals surface area contributed by atoms with Gasteiger partial charge in [-0.25, -0.2) is 13.1 Å². The van der Waals surface area contributed by atoms with Crippen molar-refractivity contribution in [3.05, 3.63) is 65.2 Å². The summed E-state index contributed by atoms with van der Waals surface area (Å²) in [5.41, 5.74) is 2.60. The van der Waals surface area contributed by atoms with Crippen molar-refractivity contribution in [2.75, 3.05) is 27.8 Å². The van der Waals surface area contributed by atoms with Crippen LogP contribution in [0.15, 0.2) is 53.4 Å². The van der Waals surface area contributed by atoms with Gasteiger partial charge in [-0.3, -0.25) is 4.79 Å². The highest BCUT2D eigenvalue weighted by Gasteiger charge is 2.18. The Hall–Kier alpha value is -2.26. The first-order chi connectivity index (χ1) is 13.7. The second kappa shape index (κ2) is 10.5. The number of hydrogen-bond donors (Lipinski definition) is 2. The van der Waals surface area contributed by atoms with Gasteiger partial charge < -0.3 is 15.0 Å². The molecule has 2 aromatic rings. The summed E-state index contributed by atoms with van der Waals surface area (Å²) >= 11 is 0. The van der Waals surface area contributed by atoms with Crippen LogP contribution in [0.4, 0.5) is 0 Å². The monoisotopic (exact) mass is 419 g/mol. The van der Waals surface area contributed by atoms with Gasteiger partial charge in [-0.05, 0) is 56.4 Å². The molecule has 1 amide bonds. The van der Waals surface area contributed by atoms with E-state index in [1.807, 2.05) is 38.4 Å². The van der Waals surface area contributed by atoms with E-state index in [9.17, 15) is 13.2 Å². The Kier molecular flexibility index (Phi) is 8.33. The van der Waals surface area contributed by atoms with E-state index in [1.165, 1.54) is 31.4 Å². The summed E-state index contributed by atoms with van der Waals surface area (Å²) in [6, 6.07) is 13.5. The lowest BCUT2D eigenvalue weighted by atomic mass is 10.1. The highest BCUT2D eigenvalue weighted by molar-refractivity contribution is 7.89. The fourth-order valence-electron chi connectivity index (χ4n) is 2.90. The van der Waals surface area contributed by atoms with Crippen LogP contribution in [0.5, 0.6) is 0 Å². The molecule has 2 rings (SSSR count). The quantitative estimate of drug-likeness (QED) is 0.615. The molecule has 0 aromatic heterocycles. The van der Waals surface area contributed by atoms with Crippen LogP contribution >= 0.6 is 0 Å². The summed E-state index contributed by atoms with van der Waals surface area (Å²) in [6.45, 7) is 3.18. The lowest BCUT2D eigenvalue weighted by Gasteiger charge is -2.15. The van der Waals surface area contributed by atoms with Crippen LogP contribution in [0.25, 0.3) is 0 Å². The first kappa shape index (κ1) is 23.0. The normalized spacial score (nSPS) is 12.7.